The lowest BCUT2D eigenvalue weighted by atomic mass is 9.84. The summed E-state index contributed by atoms with van der Waals surface area (Å²) in [5, 5.41) is 21.4. The third-order valence-corrected chi connectivity index (χ3v) is 6.72. The van der Waals surface area contributed by atoms with Crippen LogP contribution in [0.4, 0.5) is 0 Å². The van der Waals surface area contributed by atoms with Gasteiger partial charge in [0, 0.05) is 18.1 Å². The highest BCUT2D eigenvalue weighted by Gasteiger charge is 2.43. The lowest BCUT2D eigenvalue weighted by Crippen LogP contribution is -2.50. The summed E-state index contributed by atoms with van der Waals surface area (Å²) in [7, 11) is -3.15. The van der Waals surface area contributed by atoms with Gasteiger partial charge in [0.15, 0.2) is 9.84 Å². The fourth-order valence-electron chi connectivity index (χ4n) is 3.43. The van der Waals surface area contributed by atoms with E-state index in [2.05, 4.69) is 0 Å². The van der Waals surface area contributed by atoms with Crippen molar-refractivity contribution in [2.45, 2.75) is 30.6 Å². The minimum absolute atomic E-state index is 0.00748. The van der Waals surface area contributed by atoms with Crippen molar-refractivity contribution < 1.29 is 18.6 Å². The van der Waals surface area contributed by atoms with Crippen LogP contribution in [0.1, 0.15) is 18.4 Å². The largest absolute Gasteiger partial charge is 0.390 e. The van der Waals surface area contributed by atoms with Crippen LogP contribution < -0.4 is 0 Å². The number of nitrogens with zero attached hydrogens (tertiary/aromatic N) is 1. The van der Waals surface area contributed by atoms with Gasteiger partial charge in [-0.1, -0.05) is 23.7 Å². The van der Waals surface area contributed by atoms with E-state index in [1.54, 1.807) is 12.1 Å². The number of piperidine rings is 1. The van der Waals surface area contributed by atoms with E-state index in [0.717, 1.165) is 5.56 Å². The molecule has 3 rings (SSSR count). The first-order chi connectivity index (χ1) is 10.3. The first-order valence-electron chi connectivity index (χ1n) is 7.40. The lowest BCUT2D eigenvalue weighted by molar-refractivity contribution is -0.0449. The van der Waals surface area contributed by atoms with Crippen molar-refractivity contribution in [1.82, 2.24) is 4.90 Å². The van der Waals surface area contributed by atoms with Crippen molar-refractivity contribution in [3.63, 3.8) is 0 Å². The molecule has 122 valence electrons. The third kappa shape index (κ3) is 3.16. The molecule has 2 atom stereocenters. The molecule has 0 unspecified atom stereocenters. The van der Waals surface area contributed by atoms with E-state index in [9.17, 15) is 18.6 Å². The summed E-state index contributed by atoms with van der Waals surface area (Å²) in [6.07, 6.45) is 0.197. The van der Waals surface area contributed by atoms with Gasteiger partial charge < -0.3 is 10.2 Å². The Bertz CT molecular complexity index is 638. The predicted molar refractivity (Wildman–Crippen MR) is 84.6 cm³/mol. The van der Waals surface area contributed by atoms with Crippen LogP contribution in [0.3, 0.4) is 0 Å². The fourth-order valence-corrected chi connectivity index (χ4v) is 5.39. The monoisotopic (exact) mass is 345 g/mol. The van der Waals surface area contributed by atoms with Crippen LogP contribution in [0.15, 0.2) is 24.3 Å². The average molecular weight is 346 g/mol. The molecule has 7 heteroatoms. The maximum absolute atomic E-state index is 11.6. The van der Waals surface area contributed by atoms with Crippen molar-refractivity contribution in [3.05, 3.63) is 34.9 Å². The van der Waals surface area contributed by atoms with E-state index < -0.39 is 21.5 Å². The van der Waals surface area contributed by atoms with E-state index in [1.165, 1.54) is 0 Å². The van der Waals surface area contributed by atoms with Gasteiger partial charge in [-0.2, -0.15) is 0 Å². The molecule has 0 aromatic heterocycles. The van der Waals surface area contributed by atoms with E-state index in [-0.39, 0.29) is 17.5 Å². The number of benzene rings is 1. The molecule has 2 heterocycles. The maximum Gasteiger partial charge on any atom is 0.154 e. The van der Waals surface area contributed by atoms with E-state index in [1.807, 2.05) is 17.0 Å². The van der Waals surface area contributed by atoms with Crippen molar-refractivity contribution in [2.24, 2.45) is 0 Å². The molecule has 1 aromatic rings. The number of likely N-dealkylation sites (tertiary alicyclic amines) is 1. The molecule has 2 fully saturated rings. The van der Waals surface area contributed by atoms with Gasteiger partial charge in [0.1, 0.15) is 0 Å². The summed E-state index contributed by atoms with van der Waals surface area (Å²) in [5.74, 6) is -0.150. The highest BCUT2D eigenvalue weighted by molar-refractivity contribution is 7.91. The third-order valence-electron chi connectivity index (χ3n) is 4.77. The van der Waals surface area contributed by atoms with Gasteiger partial charge in [0.2, 0.25) is 0 Å². The molecule has 0 aliphatic carbocycles. The highest BCUT2D eigenvalue weighted by Crippen LogP contribution is 2.35. The molecule has 2 aliphatic heterocycles. The lowest BCUT2D eigenvalue weighted by Gasteiger charge is -2.41. The Morgan fingerprint density at radius 1 is 1.14 bits per heavy atom. The zero-order valence-electron chi connectivity index (χ0n) is 12.2. The molecular formula is C15H20ClNO4S. The van der Waals surface area contributed by atoms with Crippen LogP contribution >= 0.6 is 11.6 Å². The minimum Gasteiger partial charge on any atom is -0.390 e. The number of aliphatic hydroxyl groups excluding tert-OH is 1. The Labute approximate surface area is 135 Å². The van der Waals surface area contributed by atoms with Gasteiger partial charge in [-0.15, -0.1) is 0 Å². The van der Waals surface area contributed by atoms with E-state index in [4.69, 9.17) is 11.6 Å². The highest BCUT2D eigenvalue weighted by atomic mass is 35.5. The molecule has 2 saturated heterocycles. The summed E-state index contributed by atoms with van der Waals surface area (Å²) in [6.45, 7) is 1.13. The molecule has 0 radical (unpaired) electrons. The Morgan fingerprint density at radius 3 is 2.23 bits per heavy atom. The Morgan fingerprint density at radius 2 is 1.73 bits per heavy atom. The number of sulfone groups is 1. The zero-order chi connectivity index (χ0) is 16.0. The summed E-state index contributed by atoms with van der Waals surface area (Å²) in [5.41, 5.74) is -0.0834. The Kier molecular flexibility index (Phi) is 4.24. The van der Waals surface area contributed by atoms with Crippen LogP contribution in [0.5, 0.6) is 0 Å². The first-order valence-corrected chi connectivity index (χ1v) is 9.60. The summed E-state index contributed by atoms with van der Waals surface area (Å²) >= 11 is 5.87. The Hall–Kier alpha value is -0.660. The van der Waals surface area contributed by atoms with Crippen molar-refractivity contribution >= 4 is 21.4 Å². The minimum atomic E-state index is -3.15. The number of halogens is 1. The van der Waals surface area contributed by atoms with Crippen LogP contribution in [0.2, 0.25) is 5.02 Å². The van der Waals surface area contributed by atoms with Gasteiger partial charge in [0.05, 0.1) is 29.3 Å². The predicted octanol–water partition coefficient (Wildman–Crippen LogP) is 0.781. The SMILES string of the molecule is O=S1(=O)C[C@@H](N2CCC(O)(c3ccc(Cl)cc3)CC2)[C@@H](O)C1. The van der Waals surface area contributed by atoms with Gasteiger partial charge in [-0.05, 0) is 30.5 Å². The van der Waals surface area contributed by atoms with Crippen LogP contribution in [0.25, 0.3) is 0 Å². The second-order valence-corrected chi connectivity index (χ2v) is 8.88. The molecule has 22 heavy (non-hydrogen) atoms. The number of rotatable bonds is 2. The second-order valence-electron chi connectivity index (χ2n) is 6.29. The average Bonchev–Trinajstić information content (AvgIpc) is 2.73. The molecule has 0 spiro atoms. The number of aliphatic hydroxyl groups is 2. The van der Waals surface area contributed by atoms with Crippen molar-refractivity contribution in [3.8, 4) is 0 Å². The van der Waals surface area contributed by atoms with E-state index in [0.29, 0.717) is 31.0 Å². The van der Waals surface area contributed by atoms with E-state index >= 15 is 0 Å². The van der Waals surface area contributed by atoms with Gasteiger partial charge in [0.25, 0.3) is 0 Å². The van der Waals surface area contributed by atoms with Gasteiger partial charge in [-0.25, -0.2) is 8.42 Å². The molecule has 0 amide bonds. The van der Waals surface area contributed by atoms with Crippen molar-refractivity contribution in [2.75, 3.05) is 24.6 Å². The molecule has 5 nitrogen and oxygen atoms in total. The second kappa shape index (κ2) is 5.76. The quantitative estimate of drug-likeness (QED) is 0.828. The Balaban J connectivity index is 1.68. The maximum atomic E-state index is 11.6. The molecule has 2 aliphatic rings. The molecule has 0 saturated carbocycles. The standard InChI is InChI=1S/C15H20ClNO4S/c16-12-3-1-11(2-4-12)15(19)5-7-17(8-6-15)13-9-22(20,21)10-14(13)18/h1-4,13-14,18-19H,5-10H2/t13-,14+/m1/s1. The van der Waals surface area contributed by atoms with Crippen LogP contribution in [-0.4, -0.2) is 60.3 Å². The number of hydrogen-bond donors (Lipinski definition) is 2. The summed E-state index contributed by atoms with van der Waals surface area (Å²) < 4.78 is 23.3. The molecule has 2 N–H and O–H groups in total. The van der Waals surface area contributed by atoms with Crippen molar-refractivity contribution in [1.29, 1.82) is 0 Å². The number of hydrogen-bond acceptors (Lipinski definition) is 5. The smallest absolute Gasteiger partial charge is 0.154 e. The molecule has 1 aromatic carbocycles. The van der Waals surface area contributed by atoms with Crippen LogP contribution in [-0.2, 0) is 15.4 Å². The van der Waals surface area contributed by atoms with Gasteiger partial charge >= 0.3 is 0 Å². The summed E-state index contributed by atoms with van der Waals surface area (Å²) in [4.78, 5) is 1.99. The zero-order valence-corrected chi connectivity index (χ0v) is 13.7. The van der Waals surface area contributed by atoms with Crippen LogP contribution in [0, 0.1) is 0 Å². The normalized spacial score (nSPS) is 31.2. The molecule has 0 bridgehead atoms. The first kappa shape index (κ1) is 16.2. The molecular weight excluding hydrogens is 326 g/mol. The topological polar surface area (TPSA) is 77.8 Å². The van der Waals surface area contributed by atoms with Gasteiger partial charge in [-0.3, -0.25) is 4.90 Å². The fraction of sp³-hybridized carbons (Fsp3) is 0.600. The summed E-state index contributed by atoms with van der Waals surface area (Å²) in [6, 6.07) is 6.82.